The molecule has 0 unspecified atom stereocenters. The molecule has 1 N–H and O–H groups in total. The lowest BCUT2D eigenvalue weighted by atomic mass is 10.0. The summed E-state index contributed by atoms with van der Waals surface area (Å²) in [6, 6.07) is 12.2. The molecule has 0 spiro atoms. The molecule has 10 heteroatoms. The fraction of sp³-hybridized carbons (Fsp3) is 0.393. The Balaban J connectivity index is 1.27. The van der Waals surface area contributed by atoms with Crippen molar-refractivity contribution in [3.8, 4) is 6.07 Å². The molecule has 0 radical (unpaired) electrons. The highest BCUT2D eigenvalue weighted by Gasteiger charge is 2.25. The number of fused-ring (bicyclic) bond motifs is 2. The van der Waals surface area contributed by atoms with Gasteiger partial charge in [0, 0.05) is 59.5 Å². The topological polar surface area (TPSA) is 118 Å². The van der Waals surface area contributed by atoms with Crippen molar-refractivity contribution in [1.82, 2.24) is 24.0 Å². The minimum atomic E-state index is -0.281. The molecule has 1 aromatic carbocycles. The quantitative estimate of drug-likeness (QED) is 0.415. The van der Waals surface area contributed by atoms with Gasteiger partial charge in [0.15, 0.2) is 0 Å². The number of rotatable bonds is 4. The molecule has 194 valence electrons. The molecule has 1 amide bonds. The molecule has 4 aromatic rings. The van der Waals surface area contributed by atoms with Crippen LogP contribution < -0.4 is 10.9 Å². The molecule has 6 rings (SSSR count). The maximum atomic E-state index is 13.0. The molecular weight excluding hydrogens is 482 g/mol. The smallest absolute Gasteiger partial charge is 0.409 e. The zero-order valence-corrected chi connectivity index (χ0v) is 21.3. The number of hydrogen-bond acceptors (Lipinski definition) is 7. The number of carbonyl (C=O) groups excluding carboxylic acids is 1. The summed E-state index contributed by atoms with van der Waals surface area (Å²) in [6.45, 7) is 1.36. The van der Waals surface area contributed by atoms with Gasteiger partial charge in [-0.2, -0.15) is 10.2 Å². The van der Waals surface area contributed by atoms with Gasteiger partial charge in [-0.25, -0.2) is 9.78 Å². The Labute approximate surface area is 219 Å². The van der Waals surface area contributed by atoms with E-state index < -0.39 is 0 Å². The Bertz CT molecular complexity index is 1620. The van der Waals surface area contributed by atoms with E-state index in [9.17, 15) is 14.9 Å². The van der Waals surface area contributed by atoms with Crippen LogP contribution in [0.3, 0.4) is 0 Å². The first kappa shape index (κ1) is 24.0. The highest BCUT2D eigenvalue weighted by molar-refractivity contribution is 5.85. The number of nitrogens with zero attached hydrogens (tertiary/aromatic N) is 6. The average molecular weight is 512 g/mol. The van der Waals surface area contributed by atoms with Crippen LogP contribution in [0.1, 0.15) is 56.2 Å². The lowest BCUT2D eigenvalue weighted by Crippen LogP contribution is -2.38. The Kier molecular flexibility index (Phi) is 6.19. The molecule has 2 aliphatic rings. The normalized spacial score (nSPS) is 16.7. The number of benzene rings is 1. The number of hydrogen-bond donors (Lipinski definition) is 1. The van der Waals surface area contributed by atoms with Crippen molar-refractivity contribution in [2.24, 2.45) is 0 Å². The van der Waals surface area contributed by atoms with E-state index in [0.29, 0.717) is 36.1 Å². The number of aromatic nitrogens is 4. The van der Waals surface area contributed by atoms with Crippen LogP contribution in [0.2, 0.25) is 0 Å². The van der Waals surface area contributed by atoms with Gasteiger partial charge in [-0.1, -0.05) is 12.8 Å². The summed E-state index contributed by atoms with van der Waals surface area (Å²) in [5, 5.41) is 14.5. The van der Waals surface area contributed by atoms with Crippen molar-refractivity contribution in [2.75, 3.05) is 25.5 Å². The van der Waals surface area contributed by atoms with Crippen molar-refractivity contribution in [2.45, 2.75) is 50.6 Å². The van der Waals surface area contributed by atoms with E-state index in [1.54, 1.807) is 21.7 Å². The van der Waals surface area contributed by atoms with Crippen LogP contribution >= 0.6 is 0 Å². The predicted octanol–water partition coefficient (Wildman–Crippen LogP) is 4.88. The number of nitriles is 1. The van der Waals surface area contributed by atoms with Gasteiger partial charge >= 0.3 is 6.09 Å². The van der Waals surface area contributed by atoms with E-state index in [2.05, 4.69) is 39.3 Å². The first-order valence-electron chi connectivity index (χ1n) is 13.1. The first-order valence-corrected chi connectivity index (χ1v) is 13.1. The van der Waals surface area contributed by atoms with Crippen molar-refractivity contribution in [3.05, 3.63) is 58.6 Å². The van der Waals surface area contributed by atoms with E-state index in [1.165, 1.54) is 7.11 Å². The monoisotopic (exact) mass is 511 g/mol. The van der Waals surface area contributed by atoms with Gasteiger partial charge in [-0.05, 0) is 56.0 Å². The van der Waals surface area contributed by atoms with Crippen molar-refractivity contribution >= 4 is 39.7 Å². The summed E-state index contributed by atoms with van der Waals surface area (Å²) in [6.07, 6.45) is 9.21. The van der Waals surface area contributed by atoms with E-state index in [0.717, 1.165) is 55.1 Å². The van der Waals surface area contributed by atoms with E-state index in [4.69, 9.17) is 9.72 Å². The number of nitrogens with one attached hydrogen (secondary N) is 1. The minimum absolute atomic E-state index is 0.0525. The molecule has 10 nitrogen and oxygen atoms in total. The van der Waals surface area contributed by atoms with Crippen LogP contribution in [0.5, 0.6) is 0 Å². The number of pyridine rings is 1. The Morgan fingerprint density at radius 3 is 2.61 bits per heavy atom. The van der Waals surface area contributed by atoms with E-state index in [-0.39, 0.29) is 23.3 Å². The zero-order valence-electron chi connectivity index (χ0n) is 21.3. The highest BCUT2D eigenvalue weighted by Crippen LogP contribution is 2.32. The van der Waals surface area contributed by atoms with Crippen molar-refractivity contribution < 1.29 is 9.53 Å². The summed E-state index contributed by atoms with van der Waals surface area (Å²) in [5.41, 5.74) is 2.38. The van der Waals surface area contributed by atoms with Gasteiger partial charge in [0.25, 0.3) is 5.56 Å². The Morgan fingerprint density at radius 2 is 1.87 bits per heavy atom. The van der Waals surface area contributed by atoms with E-state index >= 15 is 0 Å². The van der Waals surface area contributed by atoms with E-state index in [1.807, 2.05) is 12.1 Å². The maximum Gasteiger partial charge on any atom is 0.409 e. The molecule has 4 heterocycles. The largest absolute Gasteiger partial charge is 0.453 e. The molecule has 1 aliphatic carbocycles. The molecule has 0 bridgehead atoms. The number of likely N-dealkylation sites (tertiary alicyclic amines) is 1. The molecule has 1 saturated heterocycles. The van der Waals surface area contributed by atoms with Crippen molar-refractivity contribution in [3.63, 3.8) is 0 Å². The van der Waals surface area contributed by atoms with Gasteiger partial charge in [-0.3, -0.25) is 9.36 Å². The van der Waals surface area contributed by atoms with Crippen LogP contribution in [-0.4, -0.2) is 50.3 Å². The SMILES string of the molecule is COC(=O)N1CCC(n2ccc3cc(Nc4ncc5cc(C#N)c(=O)n(C6CCCC6)c5n4)ccc32)CC1. The van der Waals surface area contributed by atoms with Crippen LogP contribution in [0.4, 0.5) is 16.4 Å². The summed E-state index contributed by atoms with van der Waals surface area (Å²) in [5.74, 6) is 0.405. The Hall–Kier alpha value is -4.39. The second-order valence-corrected chi connectivity index (χ2v) is 10.1. The van der Waals surface area contributed by atoms with Crippen LogP contribution in [0.15, 0.2) is 47.5 Å². The number of amides is 1. The van der Waals surface area contributed by atoms with Crippen molar-refractivity contribution in [1.29, 1.82) is 5.26 Å². The van der Waals surface area contributed by atoms with Gasteiger partial charge in [0.1, 0.15) is 17.3 Å². The molecule has 0 atom stereocenters. The van der Waals surface area contributed by atoms with Gasteiger partial charge < -0.3 is 19.5 Å². The van der Waals surface area contributed by atoms with Gasteiger partial charge in [-0.15, -0.1) is 0 Å². The molecule has 3 aromatic heterocycles. The number of piperidine rings is 1. The van der Waals surface area contributed by atoms with Crippen LogP contribution in [0, 0.1) is 11.3 Å². The Morgan fingerprint density at radius 1 is 1.08 bits per heavy atom. The standard InChI is InChI=1S/C28H29N7O3/c1-38-28(37)33-11-9-22(10-12-33)34-13-8-18-15-21(6-7-24(18)34)31-27-30-17-20-14-19(16-29)26(36)35(25(20)32-27)23-4-2-3-5-23/h6-8,13-15,17,22-23H,2-5,9-12H2,1H3,(H,30,31,32). The second-order valence-electron chi connectivity index (χ2n) is 10.1. The first-order chi connectivity index (χ1) is 18.6. The zero-order chi connectivity index (χ0) is 26.2. The number of carbonyl (C=O) groups is 1. The third kappa shape index (κ3) is 4.24. The highest BCUT2D eigenvalue weighted by atomic mass is 16.5. The molecule has 1 aliphatic heterocycles. The second kappa shape index (κ2) is 9.82. The third-order valence-electron chi connectivity index (χ3n) is 7.85. The summed E-state index contributed by atoms with van der Waals surface area (Å²) >= 11 is 0. The lowest BCUT2D eigenvalue weighted by Gasteiger charge is -2.32. The number of methoxy groups -OCH3 is 1. The third-order valence-corrected chi connectivity index (χ3v) is 7.85. The average Bonchev–Trinajstić information content (AvgIpc) is 3.63. The molecule has 2 fully saturated rings. The molecule has 1 saturated carbocycles. The number of ether oxygens (including phenoxy) is 1. The van der Waals surface area contributed by atoms with Crippen LogP contribution in [-0.2, 0) is 4.74 Å². The maximum absolute atomic E-state index is 13.0. The fourth-order valence-corrected chi connectivity index (χ4v) is 5.91. The van der Waals surface area contributed by atoms with Crippen LogP contribution in [0.25, 0.3) is 21.9 Å². The summed E-state index contributed by atoms with van der Waals surface area (Å²) in [7, 11) is 1.42. The predicted molar refractivity (Wildman–Crippen MR) is 143 cm³/mol. The van der Waals surface area contributed by atoms with Gasteiger partial charge in [0.2, 0.25) is 5.95 Å². The molecular formula is C28H29N7O3. The van der Waals surface area contributed by atoms with Gasteiger partial charge in [0.05, 0.1) is 7.11 Å². The lowest BCUT2D eigenvalue weighted by molar-refractivity contribution is 0.107. The minimum Gasteiger partial charge on any atom is -0.453 e. The fourth-order valence-electron chi connectivity index (χ4n) is 5.91. The summed E-state index contributed by atoms with van der Waals surface area (Å²) < 4.78 is 8.84. The number of anilines is 2. The molecule has 38 heavy (non-hydrogen) atoms. The summed E-state index contributed by atoms with van der Waals surface area (Å²) in [4.78, 5) is 35.8.